The SMILES string of the molecule is CCNC(c1sccc1C)C(CC)(CC)OCC. The predicted molar refractivity (Wildman–Crippen MR) is 80.4 cm³/mol. The molecule has 0 spiro atoms. The van der Waals surface area contributed by atoms with Crippen molar-refractivity contribution in [3.05, 3.63) is 21.9 Å². The monoisotopic (exact) mass is 269 g/mol. The molecular formula is C15H27NOS. The first-order chi connectivity index (χ1) is 8.65. The molecule has 0 bridgehead atoms. The van der Waals surface area contributed by atoms with Gasteiger partial charge in [-0.2, -0.15) is 0 Å². The molecule has 0 aromatic carbocycles. The molecule has 0 amide bonds. The number of aryl methyl sites for hydroxylation is 1. The highest BCUT2D eigenvalue weighted by molar-refractivity contribution is 7.10. The van der Waals surface area contributed by atoms with Crippen LogP contribution in [0.3, 0.4) is 0 Å². The summed E-state index contributed by atoms with van der Waals surface area (Å²) in [5.41, 5.74) is 1.29. The number of ether oxygens (including phenoxy) is 1. The van der Waals surface area contributed by atoms with Crippen LogP contribution in [-0.4, -0.2) is 18.8 Å². The Kier molecular flexibility index (Phi) is 6.33. The molecule has 2 nitrogen and oxygen atoms in total. The Morgan fingerprint density at radius 3 is 2.33 bits per heavy atom. The Morgan fingerprint density at radius 1 is 1.28 bits per heavy atom. The van der Waals surface area contributed by atoms with Gasteiger partial charge in [-0.15, -0.1) is 11.3 Å². The number of nitrogens with one attached hydrogen (secondary N) is 1. The largest absolute Gasteiger partial charge is 0.373 e. The van der Waals surface area contributed by atoms with E-state index in [1.807, 2.05) is 11.3 Å². The predicted octanol–water partition coefficient (Wildman–Crippen LogP) is 4.30. The van der Waals surface area contributed by atoms with Crippen molar-refractivity contribution in [1.29, 1.82) is 0 Å². The third-order valence-electron chi connectivity index (χ3n) is 3.73. The lowest BCUT2D eigenvalue weighted by Crippen LogP contribution is -2.45. The van der Waals surface area contributed by atoms with Gasteiger partial charge >= 0.3 is 0 Å². The van der Waals surface area contributed by atoms with Gasteiger partial charge in [-0.3, -0.25) is 0 Å². The van der Waals surface area contributed by atoms with E-state index in [2.05, 4.69) is 51.4 Å². The lowest BCUT2D eigenvalue weighted by molar-refractivity contribution is -0.0723. The molecule has 0 saturated carbocycles. The van der Waals surface area contributed by atoms with E-state index in [1.165, 1.54) is 10.4 Å². The van der Waals surface area contributed by atoms with E-state index in [-0.39, 0.29) is 5.60 Å². The smallest absolute Gasteiger partial charge is 0.0879 e. The highest BCUT2D eigenvalue weighted by atomic mass is 32.1. The molecule has 1 N–H and O–H groups in total. The van der Waals surface area contributed by atoms with E-state index in [0.717, 1.165) is 26.0 Å². The molecule has 3 heteroatoms. The Bertz CT molecular complexity index is 344. The van der Waals surface area contributed by atoms with Gasteiger partial charge in [0.25, 0.3) is 0 Å². The summed E-state index contributed by atoms with van der Waals surface area (Å²) in [7, 11) is 0. The second kappa shape index (κ2) is 7.27. The van der Waals surface area contributed by atoms with Crippen LogP contribution in [0.2, 0.25) is 0 Å². The van der Waals surface area contributed by atoms with Gasteiger partial charge in [0, 0.05) is 11.5 Å². The van der Waals surface area contributed by atoms with Gasteiger partial charge in [0.05, 0.1) is 11.6 Å². The molecule has 0 radical (unpaired) electrons. The fourth-order valence-corrected chi connectivity index (χ4v) is 3.74. The number of hydrogen-bond acceptors (Lipinski definition) is 3. The van der Waals surface area contributed by atoms with Gasteiger partial charge in [-0.25, -0.2) is 0 Å². The van der Waals surface area contributed by atoms with Gasteiger partial charge in [0.1, 0.15) is 0 Å². The molecule has 0 aliphatic rings. The summed E-state index contributed by atoms with van der Waals surface area (Å²) in [5.74, 6) is 0. The normalized spacial score (nSPS) is 13.8. The summed E-state index contributed by atoms with van der Waals surface area (Å²) in [5, 5.41) is 5.82. The van der Waals surface area contributed by atoms with Crippen LogP contribution in [0.5, 0.6) is 0 Å². The standard InChI is InChI=1S/C15H27NOS/c1-6-15(7-2,17-9-4)14(16-8-3)13-12(5)10-11-18-13/h10-11,14,16H,6-9H2,1-5H3. The minimum Gasteiger partial charge on any atom is -0.373 e. The van der Waals surface area contributed by atoms with Crippen LogP contribution in [-0.2, 0) is 4.74 Å². The van der Waals surface area contributed by atoms with Crippen LogP contribution in [0.15, 0.2) is 11.4 Å². The van der Waals surface area contributed by atoms with Crippen LogP contribution in [0.1, 0.15) is 57.0 Å². The van der Waals surface area contributed by atoms with Crippen molar-refractivity contribution in [2.75, 3.05) is 13.2 Å². The van der Waals surface area contributed by atoms with E-state index in [1.54, 1.807) is 0 Å². The number of thiophene rings is 1. The zero-order chi connectivity index (χ0) is 13.6. The van der Waals surface area contributed by atoms with E-state index in [0.29, 0.717) is 6.04 Å². The van der Waals surface area contributed by atoms with Crippen molar-refractivity contribution in [3.8, 4) is 0 Å². The number of hydrogen-bond donors (Lipinski definition) is 1. The molecule has 104 valence electrons. The van der Waals surface area contributed by atoms with Crippen LogP contribution in [0.4, 0.5) is 0 Å². The molecule has 1 atom stereocenters. The summed E-state index contributed by atoms with van der Waals surface area (Å²) < 4.78 is 6.17. The topological polar surface area (TPSA) is 21.3 Å². The van der Waals surface area contributed by atoms with Crippen molar-refractivity contribution in [2.45, 2.75) is 59.1 Å². The zero-order valence-corrected chi connectivity index (χ0v) is 13.2. The maximum Gasteiger partial charge on any atom is 0.0879 e. The highest BCUT2D eigenvalue weighted by Crippen LogP contribution is 2.38. The second-order valence-corrected chi connectivity index (χ2v) is 5.61. The van der Waals surface area contributed by atoms with Crippen molar-refractivity contribution in [3.63, 3.8) is 0 Å². The molecule has 1 heterocycles. The molecule has 1 unspecified atom stereocenters. The van der Waals surface area contributed by atoms with Crippen molar-refractivity contribution in [1.82, 2.24) is 5.32 Å². The van der Waals surface area contributed by atoms with E-state index in [4.69, 9.17) is 4.74 Å². The Hall–Kier alpha value is -0.380. The average Bonchev–Trinajstić information content (AvgIpc) is 2.80. The van der Waals surface area contributed by atoms with E-state index in [9.17, 15) is 0 Å². The fourth-order valence-electron chi connectivity index (χ4n) is 2.64. The molecular weight excluding hydrogens is 242 g/mol. The van der Waals surface area contributed by atoms with Gasteiger partial charge in [-0.1, -0.05) is 20.8 Å². The van der Waals surface area contributed by atoms with Crippen molar-refractivity contribution in [2.24, 2.45) is 0 Å². The second-order valence-electron chi connectivity index (χ2n) is 4.66. The summed E-state index contributed by atoms with van der Waals surface area (Å²) in [6, 6.07) is 2.50. The Balaban J connectivity index is 3.12. The first-order valence-electron chi connectivity index (χ1n) is 7.06. The first kappa shape index (κ1) is 15.7. The molecule has 0 saturated heterocycles. The molecule has 1 aromatic heterocycles. The molecule has 1 rings (SSSR count). The third kappa shape index (κ3) is 3.14. The number of rotatable bonds is 8. The molecule has 0 aliphatic heterocycles. The van der Waals surface area contributed by atoms with Gasteiger partial charge in [0.15, 0.2) is 0 Å². The van der Waals surface area contributed by atoms with E-state index >= 15 is 0 Å². The van der Waals surface area contributed by atoms with Crippen LogP contribution < -0.4 is 5.32 Å². The number of likely N-dealkylation sites (N-methyl/N-ethyl adjacent to an activating group) is 1. The quantitative estimate of drug-likeness (QED) is 0.759. The van der Waals surface area contributed by atoms with Crippen LogP contribution >= 0.6 is 11.3 Å². The molecule has 0 aliphatic carbocycles. The fraction of sp³-hybridized carbons (Fsp3) is 0.733. The van der Waals surface area contributed by atoms with Crippen molar-refractivity contribution < 1.29 is 4.74 Å². The Labute approximate surface area is 116 Å². The molecule has 18 heavy (non-hydrogen) atoms. The Morgan fingerprint density at radius 2 is 1.94 bits per heavy atom. The summed E-state index contributed by atoms with van der Waals surface area (Å²) >= 11 is 1.84. The molecule has 0 fully saturated rings. The zero-order valence-electron chi connectivity index (χ0n) is 12.4. The minimum atomic E-state index is -0.0830. The van der Waals surface area contributed by atoms with E-state index < -0.39 is 0 Å². The first-order valence-corrected chi connectivity index (χ1v) is 7.94. The minimum absolute atomic E-state index is 0.0830. The van der Waals surface area contributed by atoms with Crippen molar-refractivity contribution >= 4 is 11.3 Å². The van der Waals surface area contributed by atoms with Crippen LogP contribution in [0.25, 0.3) is 0 Å². The van der Waals surface area contributed by atoms with Crippen LogP contribution in [0, 0.1) is 6.92 Å². The van der Waals surface area contributed by atoms with Gasteiger partial charge < -0.3 is 10.1 Å². The maximum absolute atomic E-state index is 6.17. The summed E-state index contributed by atoms with van der Waals surface area (Å²) in [6.07, 6.45) is 2.07. The lowest BCUT2D eigenvalue weighted by Gasteiger charge is -2.39. The van der Waals surface area contributed by atoms with Gasteiger partial charge in [-0.05, 0) is 50.2 Å². The lowest BCUT2D eigenvalue weighted by atomic mass is 9.86. The maximum atomic E-state index is 6.17. The summed E-state index contributed by atoms with van der Waals surface area (Å²) in [6.45, 7) is 12.6. The third-order valence-corrected chi connectivity index (χ3v) is 4.81. The highest BCUT2D eigenvalue weighted by Gasteiger charge is 2.38. The average molecular weight is 269 g/mol. The summed E-state index contributed by atoms with van der Waals surface area (Å²) in [4.78, 5) is 1.43. The molecule has 1 aromatic rings. The van der Waals surface area contributed by atoms with Gasteiger partial charge in [0.2, 0.25) is 0 Å².